The number of halogens is 4. The van der Waals surface area contributed by atoms with E-state index in [1.54, 1.807) is 12.1 Å². The van der Waals surface area contributed by atoms with Crippen LogP contribution < -0.4 is 10.7 Å². The number of hydrogen-bond donors (Lipinski definition) is 1. The molecule has 0 aliphatic rings. The average molecular weight is 419 g/mol. The Hall–Kier alpha value is -3.49. The third-order valence-corrected chi connectivity index (χ3v) is 4.40. The first-order chi connectivity index (χ1) is 14.2. The molecule has 0 spiro atoms. The van der Waals surface area contributed by atoms with E-state index in [2.05, 4.69) is 10.4 Å². The van der Waals surface area contributed by atoms with E-state index in [1.807, 2.05) is 0 Å². The molecule has 5 nitrogen and oxygen atoms in total. The van der Waals surface area contributed by atoms with Crippen LogP contribution in [0.2, 0.25) is 0 Å². The van der Waals surface area contributed by atoms with Crippen molar-refractivity contribution in [1.82, 2.24) is 15.1 Å². The van der Waals surface area contributed by atoms with Crippen LogP contribution in [0.15, 0.2) is 59.4 Å². The molecule has 0 saturated carbocycles. The van der Waals surface area contributed by atoms with Gasteiger partial charge in [-0.25, -0.2) is 9.07 Å². The van der Waals surface area contributed by atoms with Crippen LogP contribution >= 0.6 is 0 Å². The fraction of sp³-hybridized carbons (Fsp3) is 0.190. The molecule has 2 aromatic carbocycles. The fourth-order valence-electron chi connectivity index (χ4n) is 2.94. The summed E-state index contributed by atoms with van der Waals surface area (Å²) in [7, 11) is 0. The largest absolute Gasteiger partial charge is 0.418 e. The Morgan fingerprint density at radius 3 is 2.47 bits per heavy atom. The van der Waals surface area contributed by atoms with Crippen LogP contribution in [-0.2, 0) is 12.6 Å². The van der Waals surface area contributed by atoms with Gasteiger partial charge in [0.05, 0.1) is 11.3 Å². The van der Waals surface area contributed by atoms with Crippen molar-refractivity contribution in [3.8, 4) is 5.69 Å². The maximum atomic E-state index is 13.7. The molecule has 9 heteroatoms. The van der Waals surface area contributed by atoms with Crippen LogP contribution in [0.3, 0.4) is 0 Å². The molecule has 0 saturated heterocycles. The molecule has 0 fully saturated rings. The highest BCUT2D eigenvalue weighted by Gasteiger charge is 2.34. The number of benzene rings is 2. The molecule has 0 unspecified atom stereocenters. The van der Waals surface area contributed by atoms with Crippen molar-refractivity contribution in [2.75, 3.05) is 6.54 Å². The summed E-state index contributed by atoms with van der Waals surface area (Å²) >= 11 is 0. The highest BCUT2D eigenvalue weighted by molar-refractivity contribution is 5.92. The Kier molecular flexibility index (Phi) is 6.00. The van der Waals surface area contributed by atoms with Crippen molar-refractivity contribution in [3.05, 3.63) is 93.2 Å². The van der Waals surface area contributed by atoms with Gasteiger partial charge in [-0.05, 0) is 37.1 Å². The second kappa shape index (κ2) is 8.48. The molecule has 3 rings (SSSR count). The second-order valence-corrected chi connectivity index (χ2v) is 6.52. The van der Waals surface area contributed by atoms with Crippen molar-refractivity contribution >= 4 is 5.91 Å². The molecule has 156 valence electrons. The standard InChI is InChI=1S/C21H17F4N3O2/c1-13-12-18(29)19(20(30)26-11-10-14-6-2-4-8-16(14)22)27-28(13)17-9-5-3-7-15(17)21(23,24)25/h2-9,12H,10-11H2,1H3,(H,26,30). The van der Waals surface area contributed by atoms with Gasteiger partial charge in [0.1, 0.15) is 5.82 Å². The van der Waals surface area contributed by atoms with Crippen LogP contribution in [0.4, 0.5) is 17.6 Å². The van der Waals surface area contributed by atoms with Gasteiger partial charge < -0.3 is 5.32 Å². The molecule has 0 atom stereocenters. The minimum atomic E-state index is -4.64. The summed E-state index contributed by atoms with van der Waals surface area (Å²) < 4.78 is 54.6. The first-order valence-electron chi connectivity index (χ1n) is 8.97. The van der Waals surface area contributed by atoms with E-state index >= 15 is 0 Å². The minimum absolute atomic E-state index is 0.0217. The molecule has 3 aromatic rings. The number of alkyl halides is 3. The van der Waals surface area contributed by atoms with Gasteiger partial charge in [-0.15, -0.1) is 0 Å². The number of nitrogens with one attached hydrogen (secondary N) is 1. The van der Waals surface area contributed by atoms with Crippen LogP contribution in [0.25, 0.3) is 5.69 Å². The van der Waals surface area contributed by atoms with Gasteiger partial charge in [-0.1, -0.05) is 30.3 Å². The predicted molar refractivity (Wildman–Crippen MR) is 102 cm³/mol. The number of nitrogens with zero attached hydrogens (tertiary/aromatic N) is 2. The lowest BCUT2D eigenvalue weighted by Crippen LogP contribution is -2.33. The molecule has 0 bridgehead atoms. The van der Waals surface area contributed by atoms with Gasteiger partial charge in [0.2, 0.25) is 5.43 Å². The molecule has 0 aliphatic heterocycles. The van der Waals surface area contributed by atoms with Crippen molar-refractivity contribution in [3.63, 3.8) is 0 Å². The highest BCUT2D eigenvalue weighted by Crippen LogP contribution is 2.33. The molecule has 1 heterocycles. The number of hydrogen-bond acceptors (Lipinski definition) is 3. The number of carbonyl (C=O) groups excluding carboxylic acids is 1. The topological polar surface area (TPSA) is 64.0 Å². The summed E-state index contributed by atoms with van der Waals surface area (Å²) in [4.78, 5) is 24.6. The molecule has 0 aliphatic carbocycles. The quantitative estimate of drug-likeness (QED) is 0.642. The van der Waals surface area contributed by atoms with E-state index in [4.69, 9.17) is 0 Å². The van der Waals surface area contributed by atoms with Crippen LogP contribution in [0.5, 0.6) is 0 Å². The molecule has 1 aromatic heterocycles. The summed E-state index contributed by atoms with van der Waals surface area (Å²) in [5, 5.41) is 6.33. The van der Waals surface area contributed by atoms with E-state index in [1.165, 1.54) is 37.3 Å². The van der Waals surface area contributed by atoms with Crippen LogP contribution in [0, 0.1) is 12.7 Å². The van der Waals surface area contributed by atoms with Crippen molar-refractivity contribution in [2.45, 2.75) is 19.5 Å². The van der Waals surface area contributed by atoms with E-state index in [0.29, 0.717) is 5.56 Å². The number of rotatable bonds is 5. The Morgan fingerprint density at radius 1 is 1.10 bits per heavy atom. The maximum absolute atomic E-state index is 13.7. The number of aromatic nitrogens is 2. The van der Waals surface area contributed by atoms with E-state index in [-0.39, 0.29) is 24.3 Å². The number of para-hydroxylation sites is 1. The molecule has 1 amide bonds. The van der Waals surface area contributed by atoms with Crippen molar-refractivity contribution in [2.24, 2.45) is 0 Å². The molecular weight excluding hydrogens is 402 g/mol. The van der Waals surface area contributed by atoms with Crippen molar-refractivity contribution < 1.29 is 22.4 Å². The summed E-state index contributed by atoms with van der Waals surface area (Å²) in [6, 6.07) is 11.8. The van der Waals surface area contributed by atoms with Gasteiger partial charge >= 0.3 is 6.18 Å². The van der Waals surface area contributed by atoms with Crippen molar-refractivity contribution in [1.29, 1.82) is 0 Å². The average Bonchev–Trinajstić information content (AvgIpc) is 2.69. The van der Waals surface area contributed by atoms with Gasteiger partial charge in [0.25, 0.3) is 5.91 Å². The third kappa shape index (κ3) is 4.56. The SMILES string of the molecule is Cc1cc(=O)c(C(=O)NCCc2ccccc2F)nn1-c1ccccc1C(F)(F)F. The van der Waals surface area contributed by atoms with Crippen LogP contribution in [0.1, 0.15) is 27.3 Å². The lowest BCUT2D eigenvalue weighted by molar-refractivity contribution is -0.137. The number of amides is 1. The first-order valence-corrected chi connectivity index (χ1v) is 8.97. The predicted octanol–water partition coefficient (Wildman–Crippen LogP) is 3.67. The normalized spacial score (nSPS) is 11.4. The lowest BCUT2D eigenvalue weighted by Gasteiger charge is -2.16. The zero-order chi connectivity index (χ0) is 21.9. The van der Waals surface area contributed by atoms with Gasteiger partial charge in [0, 0.05) is 18.3 Å². The summed E-state index contributed by atoms with van der Waals surface area (Å²) in [6.45, 7) is 1.44. The Bertz CT molecular complexity index is 1140. The number of carbonyl (C=O) groups is 1. The first kappa shape index (κ1) is 21.2. The minimum Gasteiger partial charge on any atom is -0.350 e. The Labute approximate surface area is 169 Å². The molecule has 1 N–H and O–H groups in total. The van der Waals surface area contributed by atoms with Gasteiger partial charge in [-0.3, -0.25) is 9.59 Å². The second-order valence-electron chi connectivity index (χ2n) is 6.52. The van der Waals surface area contributed by atoms with Gasteiger partial charge in [-0.2, -0.15) is 18.3 Å². The number of aryl methyl sites for hydroxylation is 1. The molecule has 30 heavy (non-hydrogen) atoms. The monoisotopic (exact) mass is 419 g/mol. The van der Waals surface area contributed by atoms with E-state index in [0.717, 1.165) is 16.8 Å². The van der Waals surface area contributed by atoms with Gasteiger partial charge in [0.15, 0.2) is 5.69 Å². The zero-order valence-electron chi connectivity index (χ0n) is 15.8. The summed E-state index contributed by atoms with van der Waals surface area (Å²) in [6.07, 6.45) is -4.47. The Balaban J connectivity index is 1.88. The molecule has 0 radical (unpaired) electrons. The molecular formula is C21H17F4N3O2. The van der Waals surface area contributed by atoms with Crippen LogP contribution in [-0.4, -0.2) is 22.2 Å². The third-order valence-electron chi connectivity index (χ3n) is 4.40. The smallest absolute Gasteiger partial charge is 0.350 e. The Morgan fingerprint density at radius 2 is 1.77 bits per heavy atom. The zero-order valence-corrected chi connectivity index (χ0v) is 15.8. The van der Waals surface area contributed by atoms with E-state index in [9.17, 15) is 27.2 Å². The fourth-order valence-corrected chi connectivity index (χ4v) is 2.94. The maximum Gasteiger partial charge on any atom is 0.418 e. The van der Waals surface area contributed by atoms with E-state index < -0.39 is 34.6 Å². The highest BCUT2D eigenvalue weighted by atomic mass is 19.4. The summed E-state index contributed by atoms with van der Waals surface area (Å²) in [5.41, 5.74) is -2.01. The lowest BCUT2D eigenvalue weighted by atomic mass is 10.1. The summed E-state index contributed by atoms with van der Waals surface area (Å²) in [5.74, 6) is -1.28.